The summed E-state index contributed by atoms with van der Waals surface area (Å²) in [7, 11) is -2.08. The van der Waals surface area contributed by atoms with Crippen molar-refractivity contribution in [2.45, 2.75) is 32.3 Å². The highest BCUT2D eigenvalue weighted by Crippen LogP contribution is 2.58. The van der Waals surface area contributed by atoms with Crippen molar-refractivity contribution < 1.29 is 21.8 Å². The molecule has 0 saturated heterocycles. The Hall–Kier alpha value is -4.06. The Balaban J connectivity index is 0.00000405. The molecule has 0 radical (unpaired) electrons. The van der Waals surface area contributed by atoms with E-state index in [-0.39, 0.29) is 28.5 Å². The Kier molecular flexibility index (Phi) is 10.8. The summed E-state index contributed by atoms with van der Waals surface area (Å²) >= 11 is 0. The number of urea groups is 1. The number of benzene rings is 4. The van der Waals surface area contributed by atoms with Crippen LogP contribution in [0.1, 0.15) is 31.0 Å². The normalized spacial score (nSPS) is 10.9. The molecular formula is C34H34BrN4O2P. The number of nitrogens with zero attached hydrogens (tertiary/aromatic N) is 1. The van der Waals surface area contributed by atoms with Gasteiger partial charge >= 0.3 is 6.03 Å². The van der Waals surface area contributed by atoms with E-state index in [0.29, 0.717) is 17.8 Å². The summed E-state index contributed by atoms with van der Waals surface area (Å²) in [4.78, 5) is 32.0. The van der Waals surface area contributed by atoms with E-state index < -0.39 is 13.3 Å². The number of carbonyl (C=O) groups excluding carboxylic acids is 1. The molecule has 0 atom stereocenters. The van der Waals surface area contributed by atoms with Crippen LogP contribution >= 0.6 is 7.26 Å². The maximum absolute atomic E-state index is 12.9. The van der Waals surface area contributed by atoms with Crippen molar-refractivity contribution in [3.63, 3.8) is 0 Å². The van der Waals surface area contributed by atoms with Crippen LogP contribution in [0.15, 0.2) is 126 Å². The van der Waals surface area contributed by atoms with Gasteiger partial charge in [-0.3, -0.25) is 15.1 Å². The molecule has 0 aliphatic rings. The summed E-state index contributed by atoms with van der Waals surface area (Å²) in [5.74, 6) is 0.138. The first kappa shape index (κ1) is 30.9. The first-order valence-corrected chi connectivity index (χ1v) is 15.9. The van der Waals surface area contributed by atoms with Gasteiger partial charge < -0.3 is 22.3 Å². The number of rotatable bonds is 10. The van der Waals surface area contributed by atoms with E-state index >= 15 is 0 Å². The van der Waals surface area contributed by atoms with Crippen LogP contribution < -0.4 is 49.1 Å². The maximum atomic E-state index is 12.9. The molecule has 0 bridgehead atoms. The Morgan fingerprint density at radius 2 is 1.33 bits per heavy atom. The molecule has 5 aromatic rings. The number of amides is 2. The molecule has 4 aromatic carbocycles. The molecule has 1 aromatic heterocycles. The average molecular weight is 642 g/mol. The van der Waals surface area contributed by atoms with Gasteiger partial charge in [0.1, 0.15) is 23.2 Å². The van der Waals surface area contributed by atoms with Crippen molar-refractivity contribution in [3.05, 3.63) is 143 Å². The number of hydrogen-bond donors (Lipinski definition) is 3. The minimum Gasteiger partial charge on any atom is -1.00 e. The second kappa shape index (κ2) is 14.7. The van der Waals surface area contributed by atoms with E-state index in [0.717, 1.165) is 24.6 Å². The van der Waals surface area contributed by atoms with Crippen LogP contribution in [0.5, 0.6) is 0 Å². The molecule has 0 aliphatic heterocycles. The van der Waals surface area contributed by atoms with Crippen molar-refractivity contribution >= 4 is 40.8 Å². The van der Waals surface area contributed by atoms with Gasteiger partial charge in [0.05, 0.1) is 6.16 Å². The smallest absolute Gasteiger partial charge is 0.326 e. The summed E-state index contributed by atoms with van der Waals surface area (Å²) in [5, 5.41) is 9.49. The lowest BCUT2D eigenvalue weighted by Crippen LogP contribution is -3.00. The van der Waals surface area contributed by atoms with Gasteiger partial charge in [-0.2, -0.15) is 0 Å². The standard InChI is InChI=1S/C34H33N4O2P.BrH/c1-2-3-15-28-24-32(39)37-33(35-28)38-34(40)36-27-16-13-14-26(23-27)25-41(29-17-7-4-8-18-29,30-19-9-5-10-20-30)31-21-11-6-12-22-31;/h4-14,16-24H,2-3,15,25H2,1H3,(H2-,35,36,37,38,39,40);1H. The predicted octanol–water partition coefficient (Wildman–Crippen LogP) is 3.25. The predicted molar refractivity (Wildman–Crippen MR) is 171 cm³/mol. The fourth-order valence-corrected chi connectivity index (χ4v) is 9.34. The van der Waals surface area contributed by atoms with Crippen molar-refractivity contribution in [2.24, 2.45) is 0 Å². The van der Waals surface area contributed by atoms with E-state index in [1.807, 2.05) is 18.2 Å². The van der Waals surface area contributed by atoms with Gasteiger partial charge in [-0.05, 0) is 66.9 Å². The molecule has 42 heavy (non-hydrogen) atoms. The summed E-state index contributed by atoms with van der Waals surface area (Å²) in [6, 6.07) is 41.1. The number of nitrogens with one attached hydrogen (secondary N) is 3. The zero-order chi connectivity index (χ0) is 28.5. The highest BCUT2D eigenvalue weighted by molar-refractivity contribution is 7.95. The molecule has 214 valence electrons. The van der Waals surface area contributed by atoms with E-state index in [9.17, 15) is 9.59 Å². The Labute approximate surface area is 257 Å². The summed E-state index contributed by atoms with van der Waals surface area (Å²) in [6.07, 6.45) is 3.40. The molecule has 2 amide bonds. The number of aromatic nitrogens is 2. The van der Waals surface area contributed by atoms with Crippen LogP contribution in [0.2, 0.25) is 0 Å². The number of aromatic amines is 1. The number of H-pyrrole nitrogens is 1. The van der Waals surface area contributed by atoms with Crippen LogP contribution in [0.3, 0.4) is 0 Å². The molecule has 1 heterocycles. The van der Waals surface area contributed by atoms with E-state index in [1.165, 1.54) is 22.0 Å². The fourth-order valence-electron chi connectivity index (χ4n) is 5.11. The van der Waals surface area contributed by atoms with E-state index in [4.69, 9.17) is 0 Å². The number of unbranched alkanes of at least 4 members (excludes halogenated alkanes) is 1. The van der Waals surface area contributed by atoms with Crippen molar-refractivity contribution in [2.75, 3.05) is 10.6 Å². The van der Waals surface area contributed by atoms with Crippen molar-refractivity contribution in [1.29, 1.82) is 0 Å². The molecule has 0 unspecified atom stereocenters. The highest BCUT2D eigenvalue weighted by atomic mass is 79.9. The lowest BCUT2D eigenvalue weighted by Gasteiger charge is -2.28. The van der Waals surface area contributed by atoms with Gasteiger partial charge in [-0.25, -0.2) is 9.78 Å². The number of anilines is 2. The Bertz CT molecular complexity index is 1550. The summed E-state index contributed by atoms with van der Waals surface area (Å²) in [6.45, 7) is 2.08. The quantitative estimate of drug-likeness (QED) is 0.205. The van der Waals surface area contributed by atoms with Crippen molar-refractivity contribution in [3.8, 4) is 0 Å². The van der Waals surface area contributed by atoms with Crippen LogP contribution in [0.4, 0.5) is 16.4 Å². The number of carbonyl (C=O) groups is 1. The molecule has 0 saturated carbocycles. The second-order valence-corrected chi connectivity index (χ2v) is 13.4. The molecule has 3 N–H and O–H groups in total. The zero-order valence-corrected chi connectivity index (χ0v) is 25.9. The third-order valence-corrected chi connectivity index (χ3v) is 11.4. The van der Waals surface area contributed by atoms with E-state index in [2.05, 4.69) is 125 Å². The van der Waals surface area contributed by atoms with Crippen LogP contribution in [0.25, 0.3) is 0 Å². The molecule has 5 rings (SSSR count). The molecule has 6 nitrogen and oxygen atoms in total. The number of hydrogen-bond acceptors (Lipinski definition) is 3. The minimum absolute atomic E-state index is 0. The SMILES string of the molecule is CCCCc1cc(=O)[nH]c(NC(=O)Nc2cccc(C[P+](c3ccccc3)(c3ccccc3)c3ccccc3)c2)n1.[Br-]. The lowest BCUT2D eigenvalue weighted by molar-refractivity contribution is -0.0000114. The first-order valence-electron chi connectivity index (χ1n) is 13.9. The van der Waals surface area contributed by atoms with Gasteiger partial charge in [0.25, 0.3) is 5.56 Å². The molecule has 8 heteroatoms. The van der Waals surface area contributed by atoms with Gasteiger partial charge in [-0.15, -0.1) is 0 Å². The third kappa shape index (κ3) is 7.41. The van der Waals surface area contributed by atoms with Gasteiger partial charge in [0, 0.05) is 17.4 Å². The largest absolute Gasteiger partial charge is 1.00 e. The monoisotopic (exact) mass is 640 g/mol. The molecule has 0 fully saturated rings. The number of halogens is 1. The Morgan fingerprint density at radius 1 is 0.762 bits per heavy atom. The maximum Gasteiger partial charge on any atom is 0.326 e. The third-order valence-electron chi connectivity index (χ3n) is 7.01. The topological polar surface area (TPSA) is 86.9 Å². The first-order chi connectivity index (χ1) is 20.1. The van der Waals surface area contributed by atoms with Crippen LogP contribution in [0, 0.1) is 0 Å². The second-order valence-electron chi connectivity index (χ2n) is 9.94. The van der Waals surface area contributed by atoms with Gasteiger partial charge in [-0.1, -0.05) is 80.1 Å². The molecular weight excluding hydrogens is 607 g/mol. The van der Waals surface area contributed by atoms with Gasteiger partial charge in [0.2, 0.25) is 5.95 Å². The minimum atomic E-state index is -2.08. The van der Waals surface area contributed by atoms with Crippen LogP contribution in [-0.4, -0.2) is 16.0 Å². The summed E-state index contributed by atoms with van der Waals surface area (Å²) in [5.41, 5.74) is 2.15. The molecule has 0 spiro atoms. The van der Waals surface area contributed by atoms with Crippen molar-refractivity contribution in [1.82, 2.24) is 9.97 Å². The fraction of sp³-hybridized carbons (Fsp3) is 0.147. The highest BCUT2D eigenvalue weighted by Gasteiger charge is 2.45. The summed E-state index contributed by atoms with van der Waals surface area (Å²) < 4.78 is 0. The Morgan fingerprint density at radius 3 is 1.88 bits per heavy atom. The molecule has 0 aliphatic carbocycles. The van der Waals surface area contributed by atoms with Crippen LogP contribution in [-0.2, 0) is 12.6 Å². The average Bonchev–Trinajstić information content (AvgIpc) is 3.00. The number of aryl methyl sites for hydroxylation is 1. The zero-order valence-electron chi connectivity index (χ0n) is 23.5. The van der Waals surface area contributed by atoms with E-state index in [1.54, 1.807) is 0 Å². The lowest BCUT2D eigenvalue weighted by atomic mass is 10.2. The van der Waals surface area contributed by atoms with Gasteiger partial charge in [0.15, 0.2) is 0 Å².